The van der Waals surface area contributed by atoms with Gasteiger partial charge in [-0.3, -0.25) is 0 Å². The summed E-state index contributed by atoms with van der Waals surface area (Å²) in [6.07, 6.45) is 5.81. The van der Waals surface area contributed by atoms with Gasteiger partial charge in [-0.2, -0.15) is 0 Å². The zero-order chi connectivity index (χ0) is 28.5. The van der Waals surface area contributed by atoms with Crippen molar-refractivity contribution in [2.45, 2.75) is 12.5 Å². The van der Waals surface area contributed by atoms with E-state index in [-0.39, 0.29) is 6.04 Å². The highest BCUT2D eigenvalue weighted by Gasteiger charge is 2.18. The lowest BCUT2D eigenvalue weighted by Crippen LogP contribution is -2.29. The molecule has 0 N–H and O–H groups in total. The van der Waals surface area contributed by atoms with E-state index >= 15 is 0 Å². The van der Waals surface area contributed by atoms with Crippen LogP contribution in [0.5, 0.6) is 0 Å². The van der Waals surface area contributed by atoms with E-state index in [9.17, 15) is 0 Å². The van der Waals surface area contributed by atoms with Crippen molar-refractivity contribution in [2.24, 2.45) is 0 Å². The van der Waals surface area contributed by atoms with E-state index in [1.807, 2.05) is 11.3 Å². The predicted molar refractivity (Wildman–Crippen MR) is 189 cm³/mol. The molecule has 0 bridgehead atoms. The first-order valence-electron chi connectivity index (χ1n) is 14.7. The van der Waals surface area contributed by atoms with E-state index in [4.69, 9.17) is 0 Å². The van der Waals surface area contributed by atoms with Gasteiger partial charge >= 0.3 is 0 Å². The molecule has 0 radical (unpaired) electrons. The van der Waals surface area contributed by atoms with E-state index in [0.29, 0.717) is 0 Å². The van der Waals surface area contributed by atoms with Gasteiger partial charge in [-0.05, 0) is 87.6 Å². The van der Waals surface area contributed by atoms with Gasteiger partial charge in [-0.15, -0.1) is 11.3 Å². The number of nitrogens with zero attached hydrogens (tertiary/aromatic N) is 1. The maximum atomic E-state index is 3.85. The molecule has 1 aliphatic rings. The molecule has 1 nitrogen and oxygen atoms in total. The lowest BCUT2D eigenvalue weighted by molar-refractivity contribution is 0.694. The fraction of sp³-hybridized carbons (Fsp3) is 0.0500. The topological polar surface area (TPSA) is 4.93 Å². The van der Waals surface area contributed by atoms with Crippen molar-refractivity contribution in [1.82, 2.24) is 4.57 Å². The smallest absolute Gasteiger partial charge is 0.0566 e. The molecular weight excluding hydrogens is 606 g/mol. The van der Waals surface area contributed by atoms with Crippen molar-refractivity contribution in [3.8, 4) is 22.3 Å². The van der Waals surface area contributed by atoms with Gasteiger partial charge in [0.05, 0.1) is 11.6 Å². The Morgan fingerprint density at radius 1 is 0.535 bits per heavy atom. The van der Waals surface area contributed by atoms with Crippen molar-refractivity contribution >= 4 is 81.4 Å². The summed E-state index contributed by atoms with van der Waals surface area (Å²) in [5, 5.41) is 7.91. The third kappa shape index (κ3) is 4.11. The first-order chi connectivity index (χ1) is 21.2. The van der Waals surface area contributed by atoms with E-state index in [2.05, 4.69) is 160 Å². The van der Waals surface area contributed by atoms with Crippen molar-refractivity contribution in [3.63, 3.8) is 0 Å². The zero-order valence-electron chi connectivity index (χ0n) is 23.3. The second-order valence-corrected chi connectivity index (χ2v) is 13.5. The largest absolute Gasteiger partial charge is 0.333 e. The molecule has 0 fully saturated rings. The number of benzene rings is 6. The predicted octanol–water partition coefficient (Wildman–Crippen LogP) is 10.5. The van der Waals surface area contributed by atoms with Crippen molar-refractivity contribution in [2.75, 3.05) is 0 Å². The summed E-state index contributed by atoms with van der Waals surface area (Å²) < 4.78 is 6.31. The number of thiophene rings is 1. The molecule has 8 aromatic rings. The fourth-order valence-corrected chi connectivity index (χ4v) is 8.50. The highest BCUT2D eigenvalue weighted by molar-refractivity contribution is 9.10. The van der Waals surface area contributed by atoms with Gasteiger partial charge in [0, 0.05) is 40.9 Å². The van der Waals surface area contributed by atoms with Crippen LogP contribution in [0, 0.1) is 0 Å². The second kappa shape index (κ2) is 9.80. The lowest BCUT2D eigenvalue weighted by Gasteiger charge is -2.19. The van der Waals surface area contributed by atoms with Crippen LogP contribution in [0.4, 0.5) is 0 Å². The first-order valence-corrected chi connectivity index (χ1v) is 16.3. The molecular formula is C40H26BrNS. The number of para-hydroxylation sites is 1. The number of hydrogen-bond acceptors (Lipinski definition) is 1. The minimum atomic E-state index is 0.262. The first kappa shape index (κ1) is 25.1. The van der Waals surface area contributed by atoms with Crippen molar-refractivity contribution < 1.29 is 0 Å². The Morgan fingerprint density at radius 2 is 1.21 bits per heavy atom. The van der Waals surface area contributed by atoms with E-state index < -0.39 is 0 Å². The van der Waals surface area contributed by atoms with E-state index in [1.165, 1.54) is 74.7 Å². The SMILES string of the molecule is Brc1cc(-c2ccc3sc4ccccc4c3c2)cc(-c2ccc3c4ccccc4n(C4C=c5ccccc5=CC4)c3c2)c1. The number of rotatable bonds is 3. The van der Waals surface area contributed by atoms with Crippen LogP contribution < -0.4 is 10.4 Å². The molecule has 43 heavy (non-hydrogen) atoms. The van der Waals surface area contributed by atoms with Crippen LogP contribution in [-0.4, -0.2) is 4.57 Å². The van der Waals surface area contributed by atoms with Crippen LogP contribution in [0.25, 0.3) is 76.4 Å². The molecule has 0 aliphatic heterocycles. The van der Waals surface area contributed by atoms with Gasteiger partial charge < -0.3 is 4.57 Å². The average Bonchev–Trinajstić information content (AvgIpc) is 3.59. The quantitative estimate of drug-likeness (QED) is 0.183. The molecule has 0 spiro atoms. The summed E-state index contributed by atoms with van der Waals surface area (Å²) in [4.78, 5) is 0. The second-order valence-electron chi connectivity index (χ2n) is 11.5. The molecule has 9 rings (SSSR count). The van der Waals surface area contributed by atoms with Crippen LogP contribution in [0.15, 0.2) is 132 Å². The maximum Gasteiger partial charge on any atom is 0.0566 e. The molecule has 1 aliphatic carbocycles. The fourth-order valence-electron chi connectivity index (χ4n) is 6.92. The van der Waals surface area contributed by atoms with Crippen LogP contribution in [-0.2, 0) is 0 Å². The molecule has 1 unspecified atom stereocenters. The molecule has 204 valence electrons. The van der Waals surface area contributed by atoms with E-state index in [0.717, 1.165) is 10.9 Å². The molecule has 0 saturated carbocycles. The standard InChI is InChI=1S/C40H26BrNS/c41-31-20-29(27-15-18-40-36(23-27)35-10-4-6-12-39(35)43-40)19-30(21-31)28-14-17-34-33-9-3-5-11-37(33)42(38(34)24-28)32-16-13-25-7-1-2-8-26(25)22-32/h1-15,17-24,32H,16H2. The number of fused-ring (bicyclic) bond motifs is 7. The van der Waals surface area contributed by atoms with Gasteiger partial charge in [0.1, 0.15) is 0 Å². The minimum absolute atomic E-state index is 0.262. The summed E-state index contributed by atoms with van der Waals surface area (Å²) in [5.74, 6) is 0. The molecule has 3 heteroatoms. The Balaban J connectivity index is 1.21. The summed E-state index contributed by atoms with van der Waals surface area (Å²) >= 11 is 5.71. The molecule has 0 saturated heterocycles. The van der Waals surface area contributed by atoms with Crippen molar-refractivity contribution in [3.05, 3.63) is 142 Å². The molecule has 6 aromatic carbocycles. The molecule has 2 heterocycles. The maximum absolute atomic E-state index is 3.85. The Bertz CT molecular complexity index is 2520. The Labute approximate surface area is 261 Å². The molecule has 0 amide bonds. The normalized spacial score (nSPS) is 14.7. The zero-order valence-corrected chi connectivity index (χ0v) is 25.7. The Hall–Kier alpha value is -4.44. The summed E-state index contributed by atoms with van der Waals surface area (Å²) in [5.41, 5.74) is 7.45. The summed E-state index contributed by atoms with van der Waals surface area (Å²) in [6, 6.07) is 47.2. The van der Waals surface area contributed by atoms with Crippen LogP contribution >= 0.6 is 27.3 Å². The monoisotopic (exact) mass is 631 g/mol. The van der Waals surface area contributed by atoms with Gasteiger partial charge in [0.2, 0.25) is 0 Å². The Morgan fingerprint density at radius 3 is 2.09 bits per heavy atom. The highest BCUT2D eigenvalue weighted by atomic mass is 79.9. The average molecular weight is 633 g/mol. The number of halogens is 1. The van der Waals surface area contributed by atoms with Gasteiger partial charge in [-0.1, -0.05) is 107 Å². The third-order valence-electron chi connectivity index (χ3n) is 8.93. The molecule has 1 atom stereocenters. The van der Waals surface area contributed by atoms with Crippen molar-refractivity contribution in [1.29, 1.82) is 0 Å². The summed E-state index contributed by atoms with van der Waals surface area (Å²) in [7, 11) is 0. The van der Waals surface area contributed by atoms with Crippen LogP contribution in [0.3, 0.4) is 0 Å². The highest BCUT2D eigenvalue weighted by Crippen LogP contribution is 2.40. The minimum Gasteiger partial charge on any atom is -0.333 e. The number of aromatic nitrogens is 1. The van der Waals surface area contributed by atoms with Gasteiger partial charge in [0.25, 0.3) is 0 Å². The lowest BCUT2D eigenvalue weighted by atomic mass is 9.97. The Kier molecular flexibility index (Phi) is 5.72. The van der Waals surface area contributed by atoms with Gasteiger partial charge in [0.15, 0.2) is 0 Å². The molecule has 2 aromatic heterocycles. The van der Waals surface area contributed by atoms with Crippen LogP contribution in [0.2, 0.25) is 0 Å². The number of hydrogen-bond donors (Lipinski definition) is 0. The third-order valence-corrected chi connectivity index (χ3v) is 10.5. The van der Waals surface area contributed by atoms with Crippen LogP contribution in [0.1, 0.15) is 12.5 Å². The van der Waals surface area contributed by atoms with Gasteiger partial charge in [-0.25, -0.2) is 0 Å². The van der Waals surface area contributed by atoms with E-state index in [1.54, 1.807) is 0 Å². The summed E-state index contributed by atoms with van der Waals surface area (Å²) in [6.45, 7) is 0.